The average Bonchev–Trinajstić information content (AvgIpc) is 2.63. The summed E-state index contributed by atoms with van der Waals surface area (Å²) in [5, 5.41) is 0. The average molecular weight is 238 g/mol. The Morgan fingerprint density at radius 3 is 3.00 bits per heavy atom. The molecule has 0 amide bonds. The number of pyridine rings is 1. The summed E-state index contributed by atoms with van der Waals surface area (Å²) in [4.78, 5) is 13.3. The Morgan fingerprint density at radius 1 is 1.47 bits per heavy atom. The van der Waals surface area contributed by atoms with Gasteiger partial charge in [0.1, 0.15) is 0 Å². The number of hydrogen-bond acceptors (Lipinski definition) is 4. The summed E-state index contributed by atoms with van der Waals surface area (Å²) in [7, 11) is 0. The highest BCUT2D eigenvalue weighted by atomic mass is 35.5. The minimum atomic E-state index is 0.522. The smallest absolute Gasteiger partial charge is 0.184 e. The molecule has 0 aliphatic carbocycles. The first-order valence-corrected chi connectivity index (χ1v) is 5.52. The Kier molecular flexibility index (Phi) is 3.08. The first-order chi connectivity index (χ1) is 7.25. The van der Waals surface area contributed by atoms with Gasteiger partial charge in [-0.25, -0.2) is 15.0 Å². The van der Waals surface area contributed by atoms with Crippen LogP contribution in [0.1, 0.15) is 10.4 Å². The molecule has 0 unspecified atom stereocenters. The highest BCUT2D eigenvalue weighted by Crippen LogP contribution is 2.18. The normalized spacial score (nSPS) is 11.1. The van der Waals surface area contributed by atoms with Gasteiger partial charge in [-0.3, -0.25) is 0 Å². The van der Waals surface area contributed by atoms with Crippen LogP contribution in [0.3, 0.4) is 0 Å². The van der Waals surface area contributed by atoms with Crippen LogP contribution in [0, 0.1) is 6.92 Å². The second kappa shape index (κ2) is 4.51. The fourth-order valence-electron chi connectivity index (χ4n) is 1.06. The van der Waals surface area contributed by atoms with Crippen LogP contribution in [0.25, 0.3) is 0 Å². The van der Waals surface area contributed by atoms with E-state index in [1.165, 1.54) is 11.3 Å². The summed E-state index contributed by atoms with van der Waals surface area (Å²) in [6.45, 7) is 1.97. The lowest BCUT2D eigenvalue weighted by molar-refractivity contribution is 1.23. The number of aromatic nitrogens is 2. The van der Waals surface area contributed by atoms with Crippen LogP contribution in [0.2, 0.25) is 4.47 Å². The van der Waals surface area contributed by atoms with E-state index >= 15 is 0 Å². The van der Waals surface area contributed by atoms with Gasteiger partial charge >= 0.3 is 0 Å². The largest absolute Gasteiger partial charge is 0.237 e. The summed E-state index contributed by atoms with van der Waals surface area (Å²) in [5.74, 6) is 0.724. The van der Waals surface area contributed by atoms with E-state index in [9.17, 15) is 0 Å². The fourth-order valence-corrected chi connectivity index (χ4v) is 1.89. The molecule has 0 aromatic carbocycles. The van der Waals surface area contributed by atoms with Gasteiger partial charge in [0, 0.05) is 18.6 Å². The molecular weight excluding hydrogens is 230 g/mol. The number of aliphatic imine (C=N–C) groups is 1. The Balaban J connectivity index is 2.22. The van der Waals surface area contributed by atoms with Crippen LogP contribution in [0.15, 0.2) is 29.5 Å². The highest BCUT2D eigenvalue weighted by Gasteiger charge is 1.97. The predicted molar refractivity (Wildman–Crippen MR) is 63.4 cm³/mol. The van der Waals surface area contributed by atoms with Crippen molar-refractivity contribution >= 4 is 35.0 Å². The molecule has 5 heteroatoms. The van der Waals surface area contributed by atoms with Crippen molar-refractivity contribution in [1.82, 2.24) is 9.97 Å². The quantitative estimate of drug-likeness (QED) is 0.752. The van der Waals surface area contributed by atoms with E-state index in [0.717, 1.165) is 16.3 Å². The maximum atomic E-state index is 5.70. The molecule has 2 aromatic heterocycles. The Hall–Kier alpha value is -1.26. The molecule has 0 fully saturated rings. The zero-order valence-corrected chi connectivity index (χ0v) is 9.59. The van der Waals surface area contributed by atoms with Gasteiger partial charge in [-0.05, 0) is 18.6 Å². The molecule has 0 saturated carbocycles. The third kappa shape index (κ3) is 2.61. The van der Waals surface area contributed by atoms with E-state index in [-0.39, 0.29) is 0 Å². The van der Waals surface area contributed by atoms with Crippen molar-refractivity contribution in [2.24, 2.45) is 4.99 Å². The summed E-state index contributed by atoms with van der Waals surface area (Å²) in [6.07, 6.45) is 5.13. The second-order valence-corrected chi connectivity index (χ2v) is 4.56. The van der Waals surface area contributed by atoms with Crippen molar-refractivity contribution in [2.45, 2.75) is 6.92 Å². The van der Waals surface area contributed by atoms with Crippen molar-refractivity contribution < 1.29 is 0 Å². The molecule has 0 atom stereocenters. The van der Waals surface area contributed by atoms with E-state index in [0.29, 0.717) is 4.47 Å². The molecule has 0 aliphatic rings. The molecule has 3 nitrogen and oxygen atoms in total. The summed E-state index contributed by atoms with van der Waals surface area (Å²) in [5.41, 5.74) is 1.05. The number of halogens is 1. The van der Waals surface area contributed by atoms with Gasteiger partial charge in [0.2, 0.25) is 0 Å². The van der Waals surface area contributed by atoms with Crippen molar-refractivity contribution in [3.63, 3.8) is 0 Å². The molecule has 0 saturated heterocycles. The lowest BCUT2D eigenvalue weighted by Crippen LogP contribution is -1.80. The molecule has 76 valence electrons. The number of thiazole rings is 1. The van der Waals surface area contributed by atoms with Crippen molar-refractivity contribution in [1.29, 1.82) is 0 Å². The van der Waals surface area contributed by atoms with Gasteiger partial charge in [0.15, 0.2) is 10.3 Å². The van der Waals surface area contributed by atoms with Crippen LogP contribution < -0.4 is 0 Å². The monoisotopic (exact) mass is 237 g/mol. The van der Waals surface area contributed by atoms with E-state index in [2.05, 4.69) is 15.0 Å². The summed E-state index contributed by atoms with van der Waals surface area (Å²) in [6, 6.07) is 3.86. The standard InChI is InChI=1S/C10H8ClN3S/c1-7-3-2-4-12-9(7)13-5-8-6-14-10(11)15-8/h2-6H,1H3. The molecular formula is C10H8ClN3S. The van der Waals surface area contributed by atoms with Crippen LogP contribution in [0.5, 0.6) is 0 Å². The molecule has 0 spiro atoms. The van der Waals surface area contributed by atoms with Gasteiger partial charge in [0.05, 0.1) is 4.88 Å². The maximum absolute atomic E-state index is 5.70. The van der Waals surface area contributed by atoms with Gasteiger partial charge in [0.25, 0.3) is 0 Å². The minimum absolute atomic E-state index is 0.522. The Bertz CT molecular complexity index is 493. The molecule has 0 aliphatic heterocycles. The van der Waals surface area contributed by atoms with Gasteiger partial charge in [-0.1, -0.05) is 17.7 Å². The zero-order valence-electron chi connectivity index (χ0n) is 8.01. The third-order valence-electron chi connectivity index (χ3n) is 1.79. The number of aryl methyl sites for hydroxylation is 1. The van der Waals surface area contributed by atoms with E-state index in [1.807, 2.05) is 19.1 Å². The molecule has 0 radical (unpaired) electrons. The number of nitrogens with zero attached hydrogens (tertiary/aromatic N) is 3. The molecule has 2 rings (SSSR count). The van der Waals surface area contributed by atoms with Crippen molar-refractivity contribution in [2.75, 3.05) is 0 Å². The van der Waals surface area contributed by atoms with E-state index in [4.69, 9.17) is 11.6 Å². The van der Waals surface area contributed by atoms with Crippen LogP contribution >= 0.6 is 22.9 Å². The lowest BCUT2D eigenvalue weighted by atomic mass is 10.3. The fraction of sp³-hybridized carbons (Fsp3) is 0.100. The second-order valence-electron chi connectivity index (χ2n) is 2.92. The number of hydrogen-bond donors (Lipinski definition) is 0. The third-order valence-corrected chi connectivity index (χ3v) is 2.84. The van der Waals surface area contributed by atoms with Crippen LogP contribution in [-0.4, -0.2) is 16.2 Å². The van der Waals surface area contributed by atoms with Crippen LogP contribution in [0.4, 0.5) is 5.82 Å². The molecule has 0 N–H and O–H groups in total. The first kappa shape index (κ1) is 10.3. The van der Waals surface area contributed by atoms with E-state index in [1.54, 1.807) is 18.6 Å². The minimum Gasteiger partial charge on any atom is -0.237 e. The van der Waals surface area contributed by atoms with Crippen LogP contribution in [-0.2, 0) is 0 Å². The molecule has 2 heterocycles. The molecule has 0 bridgehead atoms. The Morgan fingerprint density at radius 2 is 2.33 bits per heavy atom. The van der Waals surface area contributed by atoms with Gasteiger partial charge < -0.3 is 0 Å². The lowest BCUT2D eigenvalue weighted by Gasteiger charge is -1.95. The topological polar surface area (TPSA) is 38.1 Å². The zero-order chi connectivity index (χ0) is 10.7. The van der Waals surface area contributed by atoms with Gasteiger partial charge in [-0.2, -0.15) is 0 Å². The Labute approximate surface area is 96.5 Å². The first-order valence-electron chi connectivity index (χ1n) is 4.33. The van der Waals surface area contributed by atoms with Gasteiger partial charge in [-0.15, -0.1) is 11.3 Å². The van der Waals surface area contributed by atoms with Crippen molar-refractivity contribution in [3.8, 4) is 0 Å². The highest BCUT2D eigenvalue weighted by molar-refractivity contribution is 7.17. The summed E-state index contributed by atoms with van der Waals surface area (Å²) >= 11 is 7.09. The number of rotatable bonds is 2. The predicted octanol–water partition coefficient (Wildman–Crippen LogP) is 3.25. The van der Waals surface area contributed by atoms with E-state index < -0.39 is 0 Å². The molecule has 15 heavy (non-hydrogen) atoms. The summed E-state index contributed by atoms with van der Waals surface area (Å²) < 4.78 is 0.522. The molecule has 2 aromatic rings. The maximum Gasteiger partial charge on any atom is 0.184 e. The van der Waals surface area contributed by atoms with Crippen molar-refractivity contribution in [3.05, 3.63) is 39.4 Å². The SMILES string of the molecule is Cc1cccnc1N=Cc1cnc(Cl)s1.